The summed E-state index contributed by atoms with van der Waals surface area (Å²) in [7, 11) is 0. The minimum atomic E-state index is -0.207. The molecule has 2 N–H and O–H groups in total. The predicted octanol–water partition coefficient (Wildman–Crippen LogP) is 2.09. The first kappa shape index (κ1) is 20.2. The van der Waals surface area contributed by atoms with Crippen LogP contribution >= 0.6 is 0 Å². The average molecular weight is 432 g/mol. The molecule has 2 aromatic rings. The smallest absolute Gasteiger partial charge is 0.222 e. The third-order valence-corrected chi connectivity index (χ3v) is 5.63. The van der Waals surface area contributed by atoms with Gasteiger partial charge in [0.05, 0.1) is 25.4 Å². The van der Waals surface area contributed by atoms with Crippen molar-refractivity contribution in [3.8, 4) is 0 Å². The highest BCUT2D eigenvalue weighted by Gasteiger charge is 2.30. The summed E-state index contributed by atoms with van der Waals surface area (Å²) in [6.07, 6.45) is 3.05. The number of ketones is 1. The molecular formula is C23H24N6O3. The van der Waals surface area contributed by atoms with E-state index in [0.29, 0.717) is 30.3 Å². The predicted molar refractivity (Wildman–Crippen MR) is 122 cm³/mol. The Morgan fingerprint density at radius 1 is 1.16 bits per heavy atom. The molecule has 1 amide bonds. The van der Waals surface area contributed by atoms with E-state index < -0.39 is 0 Å². The molecule has 1 fully saturated rings. The molecule has 3 aliphatic rings. The monoisotopic (exact) mass is 432 g/mol. The number of pyridine rings is 1. The number of ether oxygens (including phenoxy) is 1. The summed E-state index contributed by atoms with van der Waals surface area (Å²) >= 11 is 0. The highest BCUT2D eigenvalue weighted by atomic mass is 16.5. The average Bonchev–Trinajstić information content (AvgIpc) is 3.30. The van der Waals surface area contributed by atoms with Crippen molar-refractivity contribution >= 4 is 34.7 Å². The van der Waals surface area contributed by atoms with Crippen LogP contribution in [0.15, 0.2) is 53.4 Å². The molecule has 164 valence electrons. The molecule has 1 saturated heterocycles. The second kappa shape index (κ2) is 8.43. The number of aliphatic imine (C=N–C) groups is 1. The topological polar surface area (TPSA) is 99.2 Å². The number of hydrogen-bond donors (Lipinski definition) is 2. The van der Waals surface area contributed by atoms with E-state index in [1.807, 2.05) is 4.90 Å². The molecule has 0 radical (unpaired) electrons. The van der Waals surface area contributed by atoms with Crippen LogP contribution < -0.4 is 15.5 Å². The Labute approximate surface area is 185 Å². The Balaban J connectivity index is 1.42. The van der Waals surface area contributed by atoms with Crippen molar-refractivity contribution in [2.75, 3.05) is 54.9 Å². The number of amidine groups is 1. The number of nitrogens with one attached hydrogen (secondary N) is 2. The van der Waals surface area contributed by atoms with E-state index in [1.54, 1.807) is 18.2 Å². The lowest BCUT2D eigenvalue weighted by atomic mass is 10.1. The van der Waals surface area contributed by atoms with Crippen LogP contribution in [-0.4, -0.2) is 66.8 Å². The molecular weight excluding hydrogens is 408 g/mol. The zero-order valence-electron chi connectivity index (χ0n) is 17.8. The normalized spacial score (nSPS) is 18.5. The fourth-order valence-corrected chi connectivity index (χ4v) is 4.08. The highest BCUT2D eigenvalue weighted by Crippen LogP contribution is 2.33. The standard InChI is InChI=1S/C23H24N6O3/c1-15(30)26-21-5-2-16(14-25-21)20(31)13-22-27-19-12-17(28-8-10-32-11-9-28)3-4-18(19)23-24-6-7-29(22)23/h2-5,12-14,27H,6-11H2,1H3,(H,25,26,30). The molecule has 1 aromatic heterocycles. The van der Waals surface area contributed by atoms with Gasteiger partial charge in [-0.3, -0.25) is 14.6 Å². The van der Waals surface area contributed by atoms with E-state index in [2.05, 4.69) is 43.7 Å². The maximum Gasteiger partial charge on any atom is 0.222 e. The van der Waals surface area contributed by atoms with E-state index in [-0.39, 0.29) is 11.7 Å². The van der Waals surface area contributed by atoms with Crippen LogP contribution in [-0.2, 0) is 9.53 Å². The second-order valence-corrected chi connectivity index (χ2v) is 7.82. The summed E-state index contributed by atoms with van der Waals surface area (Å²) in [6, 6.07) is 9.60. The van der Waals surface area contributed by atoms with Crippen LogP contribution in [0.25, 0.3) is 0 Å². The molecule has 4 heterocycles. The van der Waals surface area contributed by atoms with Gasteiger partial charge in [0.1, 0.15) is 17.5 Å². The Morgan fingerprint density at radius 3 is 2.75 bits per heavy atom. The number of carbonyl (C=O) groups is 2. The van der Waals surface area contributed by atoms with Gasteiger partial charge < -0.3 is 25.2 Å². The molecule has 0 aliphatic carbocycles. The van der Waals surface area contributed by atoms with Crippen LogP contribution in [0.4, 0.5) is 17.2 Å². The quantitative estimate of drug-likeness (QED) is 0.564. The van der Waals surface area contributed by atoms with E-state index in [0.717, 1.165) is 49.1 Å². The van der Waals surface area contributed by atoms with Gasteiger partial charge in [0.2, 0.25) is 5.91 Å². The summed E-state index contributed by atoms with van der Waals surface area (Å²) in [4.78, 5) is 37.2. The van der Waals surface area contributed by atoms with E-state index in [9.17, 15) is 9.59 Å². The van der Waals surface area contributed by atoms with Crippen LogP contribution in [0.5, 0.6) is 0 Å². The number of fused-ring (bicyclic) bond motifs is 3. The van der Waals surface area contributed by atoms with Crippen LogP contribution in [0, 0.1) is 0 Å². The molecule has 1 aromatic carbocycles. The third kappa shape index (κ3) is 3.94. The third-order valence-electron chi connectivity index (χ3n) is 5.63. The van der Waals surface area contributed by atoms with Crippen LogP contribution in [0.2, 0.25) is 0 Å². The molecule has 0 bridgehead atoms. The van der Waals surface area contributed by atoms with Crippen molar-refractivity contribution in [3.63, 3.8) is 0 Å². The van der Waals surface area contributed by atoms with E-state index >= 15 is 0 Å². The number of benzene rings is 1. The largest absolute Gasteiger partial charge is 0.378 e. The lowest BCUT2D eigenvalue weighted by molar-refractivity contribution is -0.114. The molecule has 0 spiro atoms. The van der Waals surface area contributed by atoms with Gasteiger partial charge in [-0.15, -0.1) is 0 Å². The first-order valence-electron chi connectivity index (χ1n) is 10.6. The van der Waals surface area contributed by atoms with Crippen molar-refractivity contribution in [1.29, 1.82) is 0 Å². The fraction of sp³-hybridized carbons (Fsp3) is 0.304. The number of nitrogens with zero attached hydrogens (tertiary/aromatic N) is 4. The number of aromatic nitrogens is 1. The Morgan fingerprint density at radius 2 is 2.00 bits per heavy atom. The summed E-state index contributed by atoms with van der Waals surface area (Å²) in [6.45, 7) is 5.96. The molecule has 0 unspecified atom stereocenters. The summed E-state index contributed by atoms with van der Waals surface area (Å²) in [5.41, 5.74) is 3.53. The highest BCUT2D eigenvalue weighted by molar-refractivity contribution is 6.10. The minimum Gasteiger partial charge on any atom is -0.378 e. The zero-order chi connectivity index (χ0) is 22.1. The van der Waals surface area contributed by atoms with Gasteiger partial charge in [-0.1, -0.05) is 0 Å². The van der Waals surface area contributed by atoms with Crippen LogP contribution in [0.1, 0.15) is 22.8 Å². The second-order valence-electron chi connectivity index (χ2n) is 7.82. The molecule has 3 aliphatic heterocycles. The van der Waals surface area contributed by atoms with Gasteiger partial charge in [0.25, 0.3) is 0 Å². The molecule has 9 heteroatoms. The van der Waals surface area contributed by atoms with Gasteiger partial charge in [0, 0.05) is 55.6 Å². The molecule has 5 rings (SSSR count). The number of amides is 1. The van der Waals surface area contributed by atoms with Crippen molar-refractivity contribution in [2.45, 2.75) is 6.92 Å². The van der Waals surface area contributed by atoms with Crippen molar-refractivity contribution < 1.29 is 14.3 Å². The van der Waals surface area contributed by atoms with Gasteiger partial charge in [-0.05, 0) is 30.3 Å². The fourth-order valence-electron chi connectivity index (χ4n) is 4.08. The van der Waals surface area contributed by atoms with Gasteiger partial charge in [-0.2, -0.15) is 0 Å². The molecule has 0 atom stereocenters. The maximum absolute atomic E-state index is 12.9. The lowest BCUT2D eigenvalue weighted by Crippen LogP contribution is -2.38. The Bertz CT molecular complexity index is 1120. The summed E-state index contributed by atoms with van der Waals surface area (Å²) in [5, 5.41) is 6.04. The van der Waals surface area contributed by atoms with Crippen molar-refractivity contribution in [2.24, 2.45) is 4.99 Å². The molecule has 32 heavy (non-hydrogen) atoms. The number of morpholine rings is 1. The molecule has 9 nitrogen and oxygen atoms in total. The first-order chi connectivity index (χ1) is 15.6. The number of anilines is 3. The molecule has 0 saturated carbocycles. The van der Waals surface area contributed by atoms with E-state index in [1.165, 1.54) is 13.1 Å². The van der Waals surface area contributed by atoms with Gasteiger partial charge in [0.15, 0.2) is 5.78 Å². The SMILES string of the molecule is CC(=O)Nc1ccc(C(=O)C=C2Nc3cc(N4CCOCC4)ccc3C3=NCCN23)cn1. The first-order valence-corrected chi connectivity index (χ1v) is 10.6. The number of carbonyl (C=O) groups excluding carboxylic acids is 2. The Hall–Kier alpha value is -3.72. The lowest BCUT2D eigenvalue weighted by Gasteiger charge is -2.33. The summed E-state index contributed by atoms with van der Waals surface area (Å²) < 4.78 is 5.46. The Kier molecular flexibility index (Phi) is 5.32. The summed E-state index contributed by atoms with van der Waals surface area (Å²) in [5.74, 6) is 1.61. The van der Waals surface area contributed by atoms with Crippen molar-refractivity contribution in [3.05, 3.63) is 59.6 Å². The number of rotatable bonds is 4. The van der Waals surface area contributed by atoms with Crippen LogP contribution in [0.3, 0.4) is 0 Å². The van der Waals surface area contributed by atoms with Crippen molar-refractivity contribution in [1.82, 2.24) is 9.88 Å². The van der Waals surface area contributed by atoms with Gasteiger partial charge >= 0.3 is 0 Å². The van der Waals surface area contributed by atoms with E-state index in [4.69, 9.17) is 4.74 Å². The zero-order valence-corrected chi connectivity index (χ0v) is 17.8. The minimum absolute atomic E-state index is 0.173. The number of hydrogen-bond acceptors (Lipinski definition) is 8. The number of allylic oxidation sites excluding steroid dienone is 1. The maximum atomic E-state index is 12.9. The van der Waals surface area contributed by atoms with Gasteiger partial charge in [-0.25, -0.2) is 4.98 Å².